The van der Waals surface area contributed by atoms with Crippen LogP contribution in [0.1, 0.15) is 27.3 Å². The minimum absolute atomic E-state index is 0.0918. The Hall–Kier alpha value is -3.14. The summed E-state index contributed by atoms with van der Waals surface area (Å²) in [6.07, 6.45) is 4.26. The molecule has 0 aliphatic carbocycles. The number of aromatic nitrogens is 3. The molecule has 3 heterocycles. The van der Waals surface area contributed by atoms with Crippen molar-refractivity contribution in [3.63, 3.8) is 0 Å². The first-order chi connectivity index (χ1) is 12.5. The molecule has 4 nitrogen and oxygen atoms in total. The molecule has 0 spiro atoms. The van der Waals surface area contributed by atoms with Gasteiger partial charge in [-0.15, -0.1) is 0 Å². The van der Waals surface area contributed by atoms with E-state index in [2.05, 4.69) is 31.2 Å². The highest BCUT2D eigenvalue weighted by atomic mass is 16.1. The van der Waals surface area contributed by atoms with Gasteiger partial charge in [0.25, 0.3) is 0 Å². The third-order valence-corrected chi connectivity index (χ3v) is 4.75. The lowest BCUT2D eigenvalue weighted by Crippen LogP contribution is -2.10. The van der Waals surface area contributed by atoms with Crippen molar-refractivity contribution in [2.24, 2.45) is 7.05 Å². The first-order valence-corrected chi connectivity index (χ1v) is 8.72. The SMILES string of the molecule is Cc1ccc(-c2nc3ccc(C)cn3c2CC(=O)c2cccn2C)cc1. The highest BCUT2D eigenvalue weighted by molar-refractivity contribution is 5.97. The van der Waals surface area contributed by atoms with Crippen molar-refractivity contribution >= 4 is 11.4 Å². The summed E-state index contributed by atoms with van der Waals surface area (Å²) in [6, 6.07) is 16.1. The standard InChI is InChI=1S/C22H21N3O/c1-15-6-9-17(10-7-15)22-19(13-20(26)18-5-4-12-24(18)3)25-14-16(2)8-11-21(25)23-22/h4-12,14H,13H2,1-3H3. The number of imidazole rings is 1. The van der Waals surface area contributed by atoms with E-state index in [9.17, 15) is 4.79 Å². The Morgan fingerprint density at radius 3 is 2.42 bits per heavy atom. The average Bonchev–Trinajstić information content (AvgIpc) is 3.20. The molecule has 0 radical (unpaired) electrons. The van der Waals surface area contributed by atoms with E-state index in [1.807, 2.05) is 59.6 Å². The molecular weight excluding hydrogens is 322 g/mol. The summed E-state index contributed by atoms with van der Waals surface area (Å²) in [5, 5.41) is 0. The van der Waals surface area contributed by atoms with E-state index in [0.717, 1.165) is 28.2 Å². The Labute approximate surface area is 152 Å². The molecule has 0 bridgehead atoms. The molecule has 0 aliphatic rings. The van der Waals surface area contributed by atoms with Gasteiger partial charge in [-0.2, -0.15) is 0 Å². The smallest absolute Gasteiger partial charge is 0.185 e. The van der Waals surface area contributed by atoms with Crippen molar-refractivity contribution in [3.05, 3.63) is 83.4 Å². The van der Waals surface area contributed by atoms with E-state index in [-0.39, 0.29) is 5.78 Å². The molecule has 26 heavy (non-hydrogen) atoms. The van der Waals surface area contributed by atoms with Gasteiger partial charge in [-0.05, 0) is 37.6 Å². The van der Waals surface area contributed by atoms with Crippen LogP contribution in [0, 0.1) is 13.8 Å². The lowest BCUT2D eigenvalue weighted by atomic mass is 10.0. The molecule has 0 unspecified atom stereocenters. The van der Waals surface area contributed by atoms with E-state index in [4.69, 9.17) is 4.98 Å². The number of hydrogen-bond donors (Lipinski definition) is 0. The Morgan fingerprint density at radius 2 is 1.73 bits per heavy atom. The second kappa shape index (κ2) is 6.30. The molecule has 130 valence electrons. The van der Waals surface area contributed by atoms with Gasteiger partial charge in [0.2, 0.25) is 0 Å². The van der Waals surface area contributed by atoms with Crippen LogP contribution in [0.3, 0.4) is 0 Å². The van der Waals surface area contributed by atoms with Gasteiger partial charge in [0.15, 0.2) is 5.78 Å². The van der Waals surface area contributed by atoms with Crippen LogP contribution in [0.4, 0.5) is 0 Å². The number of ketones is 1. The molecular formula is C22H21N3O. The number of hydrogen-bond acceptors (Lipinski definition) is 2. The lowest BCUT2D eigenvalue weighted by Gasteiger charge is -2.07. The summed E-state index contributed by atoms with van der Waals surface area (Å²) in [4.78, 5) is 17.7. The van der Waals surface area contributed by atoms with Gasteiger partial charge in [0.1, 0.15) is 5.65 Å². The van der Waals surface area contributed by atoms with Gasteiger partial charge >= 0.3 is 0 Å². The minimum atomic E-state index is 0.0918. The Bertz CT molecular complexity index is 1100. The Kier molecular flexibility index (Phi) is 3.96. The number of carbonyl (C=O) groups excluding carboxylic acids is 1. The number of Topliss-reactive ketones (excluding diaryl/α,β-unsaturated/α-hetero) is 1. The van der Waals surface area contributed by atoms with Gasteiger partial charge in [-0.1, -0.05) is 35.9 Å². The normalized spacial score (nSPS) is 11.2. The molecule has 0 saturated heterocycles. The molecule has 4 heteroatoms. The van der Waals surface area contributed by atoms with Gasteiger partial charge in [0, 0.05) is 25.0 Å². The van der Waals surface area contributed by atoms with Crippen LogP contribution < -0.4 is 0 Å². The Balaban J connectivity index is 1.86. The maximum Gasteiger partial charge on any atom is 0.185 e. The number of rotatable bonds is 4. The average molecular weight is 343 g/mol. The monoisotopic (exact) mass is 343 g/mol. The first-order valence-electron chi connectivity index (χ1n) is 8.72. The van der Waals surface area contributed by atoms with Gasteiger partial charge in [-0.25, -0.2) is 4.98 Å². The summed E-state index contributed by atoms with van der Waals surface area (Å²) in [7, 11) is 1.90. The van der Waals surface area contributed by atoms with Crippen LogP contribution in [0.5, 0.6) is 0 Å². The number of benzene rings is 1. The maximum atomic E-state index is 12.9. The van der Waals surface area contributed by atoms with Crippen molar-refractivity contribution in [1.29, 1.82) is 0 Å². The number of pyridine rings is 1. The molecule has 1 aromatic carbocycles. The summed E-state index contributed by atoms with van der Waals surface area (Å²) >= 11 is 0. The number of carbonyl (C=O) groups is 1. The van der Waals surface area contributed by atoms with Crippen LogP contribution in [0.25, 0.3) is 16.9 Å². The van der Waals surface area contributed by atoms with Crippen molar-refractivity contribution in [2.75, 3.05) is 0 Å². The van der Waals surface area contributed by atoms with Crippen molar-refractivity contribution in [1.82, 2.24) is 14.0 Å². The molecule has 0 atom stereocenters. The summed E-state index contributed by atoms with van der Waals surface area (Å²) in [5.41, 5.74) is 6.75. The van der Waals surface area contributed by atoms with Crippen molar-refractivity contribution < 1.29 is 4.79 Å². The zero-order valence-corrected chi connectivity index (χ0v) is 15.2. The molecule has 0 N–H and O–H groups in total. The van der Waals surface area contributed by atoms with Crippen LogP contribution in [-0.2, 0) is 13.5 Å². The number of nitrogens with zero attached hydrogens (tertiary/aromatic N) is 3. The highest BCUT2D eigenvalue weighted by Crippen LogP contribution is 2.26. The fraction of sp³-hybridized carbons (Fsp3) is 0.182. The van der Waals surface area contributed by atoms with Gasteiger partial charge < -0.3 is 8.97 Å². The molecule has 4 aromatic rings. The van der Waals surface area contributed by atoms with Crippen molar-refractivity contribution in [2.45, 2.75) is 20.3 Å². The van der Waals surface area contributed by atoms with Crippen LogP contribution in [0.15, 0.2) is 60.9 Å². The fourth-order valence-electron chi connectivity index (χ4n) is 3.30. The largest absolute Gasteiger partial charge is 0.348 e. The molecule has 3 aromatic heterocycles. The summed E-state index contributed by atoms with van der Waals surface area (Å²) in [5.74, 6) is 0.0918. The zero-order chi connectivity index (χ0) is 18.3. The maximum absolute atomic E-state index is 12.9. The van der Waals surface area contributed by atoms with E-state index in [1.165, 1.54) is 5.56 Å². The van der Waals surface area contributed by atoms with Gasteiger partial charge in [-0.3, -0.25) is 4.79 Å². The Morgan fingerprint density at radius 1 is 1.00 bits per heavy atom. The third kappa shape index (κ3) is 2.84. The minimum Gasteiger partial charge on any atom is -0.348 e. The van der Waals surface area contributed by atoms with E-state index < -0.39 is 0 Å². The fourth-order valence-corrected chi connectivity index (χ4v) is 3.30. The first kappa shape index (κ1) is 16.3. The van der Waals surface area contributed by atoms with Gasteiger partial charge in [0.05, 0.1) is 23.5 Å². The predicted octanol–water partition coefficient (Wildman–Crippen LogP) is 4.38. The number of aryl methyl sites for hydroxylation is 3. The second-order valence-electron chi connectivity index (χ2n) is 6.81. The number of fused-ring (bicyclic) bond motifs is 1. The quantitative estimate of drug-likeness (QED) is 0.516. The van der Waals surface area contributed by atoms with Crippen LogP contribution in [-0.4, -0.2) is 19.7 Å². The zero-order valence-electron chi connectivity index (χ0n) is 15.2. The summed E-state index contributed by atoms with van der Waals surface area (Å²) < 4.78 is 3.91. The summed E-state index contributed by atoms with van der Waals surface area (Å²) in [6.45, 7) is 4.12. The second-order valence-corrected chi connectivity index (χ2v) is 6.81. The molecule has 0 saturated carbocycles. The lowest BCUT2D eigenvalue weighted by molar-refractivity contribution is 0.0984. The van der Waals surface area contributed by atoms with Crippen LogP contribution >= 0.6 is 0 Å². The third-order valence-electron chi connectivity index (χ3n) is 4.75. The molecule has 4 rings (SSSR count). The van der Waals surface area contributed by atoms with Crippen molar-refractivity contribution in [3.8, 4) is 11.3 Å². The van der Waals surface area contributed by atoms with E-state index in [0.29, 0.717) is 12.1 Å². The molecule has 0 amide bonds. The molecule has 0 fully saturated rings. The van der Waals surface area contributed by atoms with Crippen LogP contribution in [0.2, 0.25) is 0 Å². The predicted molar refractivity (Wildman–Crippen MR) is 104 cm³/mol. The topological polar surface area (TPSA) is 39.3 Å². The van der Waals surface area contributed by atoms with E-state index >= 15 is 0 Å². The highest BCUT2D eigenvalue weighted by Gasteiger charge is 2.19. The van der Waals surface area contributed by atoms with E-state index in [1.54, 1.807) is 0 Å². The molecule has 0 aliphatic heterocycles.